The molecule has 9 heteroatoms. The van der Waals surface area contributed by atoms with Crippen molar-refractivity contribution in [2.75, 3.05) is 12.5 Å². The summed E-state index contributed by atoms with van der Waals surface area (Å²) < 4.78 is 10.7. The standard InChI is InChI=1S/C22H21ClN2O5S/c23-16-8-20-19(29-11-30-20)7-12(16)5-14(10-31)21(26)25-18(22(27)28)6-13-9-24-17-4-2-1-3-15(13)17/h1-4,7-9,14,18,24,31H,5-6,10-11H2,(H,25,26)(H,27,28)/t14?,18-/m0/s1. The monoisotopic (exact) mass is 460 g/mol. The number of ether oxygens (including phenoxy) is 2. The molecule has 7 nitrogen and oxygen atoms in total. The minimum Gasteiger partial charge on any atom is -0.480 e. The quantitative estimate of drug-likeness (QED) is 0.386. The number of rotatable bonds is 8. The van der Waals surface area contributed by atoms with Gasteiger partial charge in [-0.3, -0.25) is 4.79 Å². The lowest BCUT2D eigenvalue weighted by atomic mass is 9.98. The molecule has 2 aromatic carbocycles. The number of carboxylic acid groups (broad SMARTS) is 1. The van der Waals surface area contributed by atoms with Gasteiger partial charge in [0.05, 0.1) is 5.92 Å². The van der Waals surface area contributed by atoms with Gasteiger partial charge in [-0.25, -0.2) is 4.79 Å². The van der Waals surface area contributed by atoms with Crippen molar-refractivity contribution in [1.82, 2.24) is 10.3 Å². The van der Waals surface area contributed by atoms with Gasteiger partial charge < -0.3 is 24.9 Å². The van der Waals surface area contributed by atoms with E-state index in [1.54, 1.807) is 18.3 Å². The number of carbonyl (C=O) groups excluding carboxylic acids is 1. The lowest BCUT2D eigenvalue weighted by Gasteiger charge is -2.20. The van der Waals surface area contributed by atoms with Crippen molar-refractivity contribution in [3.05, 3.63) is 58.7 Å². The second kappa shape index (κ2) is 9.11. The van der Waals surface area contributed by atoms with E-state index >= 15 is 0 Å². The summed E-state index contributed by atoms with van der Waals surface area (Å²) in [4.78, 5) is 27.9. The molecule has 1 amide bonds. The van der Waals surface area contributed by atoms with E-state index in [2.05, 4.69) is 22.9 Å². The Hall–Kier alpha value is -2.84. The molecule has 4 rings (SSSR count). The van der Waals surface area contributed by atoms with E-state index in [0.29, 0.717) is 28.5 Å². The molecule has 1 unspecified atom stereocenters. The fraction of sp³-hybridized carbons (Fsp3) is 0.273. The minimum absolute atomic E-state index is 0.125. The molecule has 0 saturated carbocycles. The topological polar surface area (TPSA) is 101 Å². The van der Waals surface area contributed by atoms with Crippen molar-refractivity contribution in [2.24, 2.45) is 5.92 Å². The number of aromatic amines is 1. The van der Waals surface area contributed by atoms with Crippen LogP contribution in [0.3, 0.4) is 0 Å². The van der Waals surface area contributed by atoms with Crippen molar-refractivity contribution < 1.29 is 24.2 Å². The maximum atomic E-state index is 12.9. The van der Waals surface area contributed by atoms with Crippen molar-refractivity contribution in [1.29, 1.82) is 0 Å². The number of thiol groups is 1. The maximum Gasteiger partial charge on any atom is 0.326 e. The predicted molar refractivity (Wildman–Crippen MR) is 120 cm³/mol. The van der Waals surface area contributed by atoms with Gasteiger partial charge in [0.15, 0.2) is 11.5 Å². The van der Waals surface area contributed by atoms with Gasteiger partial charge in [-0.2, -0.15) is 12.6 Å². The van der Waals surface area contributed by atoms with Gasteiger partial charge in [0.25, 0.3) is 0 Å². The highest BCUT2D eigenvalue weighted by Crippen LogP contribution is 2.37. The van der Waals surface area contributed by atoms with Crippen LogP contribution in [0, 0.1) is 5.92 Å². The van der Waals surface area contributed by atoms with Gasteiger partial charge in [-0.15, -0.1) is 0 Å². The largest absolute Gasteiger partial charge is 0.480 e. The number of hydrogen-bond acceptors (Lipinski definition) is 5. The fourth-order valence-corrected chi connectivity index (χ4v) is 4.16. The number of para-hydroxylation sites is 1. The average molecular weight is 461 g/mol. The molecule has 0 saturated heterocycles. The Kier molecular flexibility index (Phi) is 6.29. The van der Waals surface area contributed by atoms with E-state index in [4.69, 9.17) is 21.1 Å². The Balaban J connectivity index is 1.48. The van der Waals surface area contributed by atoms with Crippen LogP contribution in [0.1, 0.15) is 11.1 Å². The van der Waals surface area contributed by atoms with Gasteiger partial charge in [-0.05, 0) is 29.7 Å². The van der Waals surface area contributed by atoms with Crippen LogP contribution in [0.2, 0.25) is 5.02 Å². The van der Waals surface area contributed by atoms with Crippen molar-refractivity contribution in [2.45, 2.75) is 18.9 Å². The summed E-state index contributed by atoms with van der Waals surface area (Å²) in [6.07, 6.45) is 2.23. The van der Waals surface area contributed by atoms with E-state index in [9.17, 15) is 14.7 Å². The van der Waals surface area contributed by atoms with Crippen LogP contribution in [0.25, 0.3) is 10.9 Å². The van der Waals surface area contributed by atoms with Gasteiger partial charge >= 0.3 is 5.97 Å². The lowest BCUT2D eigenvalue weighted by molar-refractivity contribution is -0.142. The van der Waals surface area contributed by atoms with Gasteiger partial charge in [0.2, 0.25) is 12.7 Å². The Morgan fingerprint density at radius 1 is 1.16 bits per heavy atom. The average Bonchev–Trinajstić information content (AvgIpc) is 3.37. The number of aliphatic carboxylic acids is 1. The number of nitrogens with one attached hydrogen (secondary N) is 2. The zero-order valence-corrected chi connectivity index (χ0v) is 18.1. The number of hydrogen-bond donors (Lipinski definition) is 4. The third-order valence-electron chi connectivity index (χ3n) is 5.31. The number of carbonyl (C=O) groups is 2. The Labute approximate surface area is 189 Å². The number of carboxylic acids is 1. The molecule has 1 aromatic heterocycles. The first-order chi connectivity index (χ1) is 15.0. The van der Waals surface area contributed by atoms with Crippen molar-refractivity contribution >= 4 is 47.0 Å². The highest BCUT2D eigenvalue weighted by Gasteiger charge is 2.27. The summed E-state index contributed by atoms with van der Waals surface area (Å²) in [5, 5.41) is 13.7. The van der Waals surface area contributed by atoms with Crippen LogP contribution >= 0.6 is 24.2 Å². The van der Waals surface area contributed by atoms with Crippen LogP contribution in [-0.2, 0) is 22.4 Å². The number of halogens is 1. The molecule has 2 atom stereocenters. The van der Waals surface area contributed by atoms with Gasteiger partial charge in [0.1, 0.15) is 6.04 Å². The maximum absolute atomic E-state index is 12.9. The number of H-pyrrole nitrogens is 1. The molecule has 1 aliphatic heterocycles. The summed E-state index contributed by atoms with van der Waals surface area (Å²) in [5.41, 5.74) is 2.45. The number of benzene rings is 2. The molecule has 0 fully saturated rings. The van der Waals surface area contributed by atoms with E-state index in [0.717, 1.165) is 16.5 Å². The predicted octanol–water partition coefficient (Wildman–Crippen LogP) is 3.45. The molecule has 31 heavy (non-hydrogen) atoms. The Bertz CT molecular complexity index is 1130. The van der Waals surface area contributed by atoms with Crippen LogP contribution < -0.4 is 14.8 Å². The molecule has 1 aliphatic rings. The first-order valence-electron chi connectivity index (χ1n) is 9.73. The van der Waals surface area contributed by atoms with E-state index in [1.807, 2.05) is 24.3 Å². The summed E-state index contributed by atoms with van der Waals surface area (Å²) in [6, 6.07) is 9.96. The zero-order valence-electron chi connectivity index (χ0n) is 16.4. The highest BCUT2D eigenvalue weighted by molar-refractivity contribution is 7.80. The first kappa shape index (κ1) is 21.4. The number of fused-ring (bicyclic) bond motifs is 2. The van der Waals surface area contributed by atoms with Gasteiger partial charge in [-0.1, -0.05) is 29.8 Å². The normalized spacial score (nSPS) is 14.4. The molecular formula is C22H21ClN2O5S. The number of aromatic nitrogens is 1. The second-order valence-corrected chi connectivity index (χ2v) is 8.12. The molecule has 162 valence electrons. The molecule has 0 radical (unpaired) electrons. The van der Waals surface area contributed by atoms with Crippen LogP contribution in [0.4, 0.5) is 0 Å². The number of amides is 1. The molecule has 3 aromatic rings. The first-order valence-corrected chi connectivity index (χ1v) is 10.7. The van der Waals surface area contributed by atoms with Gasteiger partial charge in [0, 0.05) is 40.4 Å². The van der Waals surface area contributed by atoms with E-state index < -0.39 is 23.8 Å². The lowest BCUT2D eigenvalue weighted by Crippen LogP contribution is -2.45. The Morgan fingerprint density at radius 3 is 2.65 bits per heavy atom. The summed E-state index contributed by atoms with van der Waals surface area (Å²) >= 11 is 10.6. The SMILES string of the molecule is O=C(N[C@@H](Cc1c[nH]c2ccccc12)C(=O)O)C(CS)Cc1cc2c(cc1Cl)OCO2. The molecule has 0 spiro atoms. The molecule has 2 heterocycles. The minimum atomic E-state index is -1.10. The third-order valence-corrected chi connectivity index (χ3v) is 6.11. The van der Waals surface area contributed by atoms with Crippen LogP contribution in [-0.4, -0.2) is 40.6 Å². The third kappa shape index (κ3) is 4.60. The zero-order chi connectivity index (χ0) is 22.0. The van der Waals surface area contributed by atoms with E-state index in [-0.39, 0.29) is 19.0 Å². The van der Waals surface area contributed by atoms with E-state index in [1.165, 1.54) is 0 Å². The summed E-state index contributed by atoms with van der Waals surface area (Å²) in [5.74, 6) is -0.693. The summed E-state index contributed by atoms with van der Waals surface area (Å²) in [6.45, 7) is 0.125. The molecule has 3 N–H and O–H groups in total. The molecule has 0 bridgehead atoms. The second-order valence-electron chi connectivity index (χ2n) is 7.34. The van der Waals surface area contributed by atoms with Crippen molar-refractivity contribution in [3.8, 4) is 11.5 Å². The Morgan fingerprint density at radius 2 is 1.90 bits per heavy atom. The molecule has 0 aliphatic carbocycles. The molecular weight excluding hydrogens is 440 g/mol. The van der Waals surface area contributed by atoms with Crippen molar-refractivity contribution in [3.63, 3.8) is 0 Å². The summed E-state index contributed by atoms with van der Waals surface area (Å²) in [7, 11) is 0. The van der Waals surface area contributed by atoms with Crippen LogP contribution in [0.5, 0.6) is 11.5 Å². The smallest absolute Gasteiger partial charge is 0.326 e. The van der Waals surface area contributed by atoms with Crippen LogP contribution in [0.15, 0.2) is 42.6 Å². The highest BCUT2D eigenvalue weighted by atomic mass is 35.5. The fourth-order valence-electron chi connectivity index (χ4n) is 3.63.